The fraction of sp³-hybridized carbons (Fsp3) is 0.375. The SMILES string of the molecule is CCC1(C)NC(=O)N(Cc2cccc(C#CCN)c2)C1=O. The molecule has 0 bridgehead atoms. The average molecular weight is 285 g/mol. The van der Waals surface area contributed by atoms with E-state index in [2.05, 4.69) is 17.2 Å². The maximum Gasteiger partial charge on any atom is 0.325 e. The Morgan fingerprint density at radius 3 is 2.76 bits per heavy atom. The summed E-state index contributed by atoms with van der Waals surface area (Å²) in [5.74, 6) is 5.54. The van der Waals surface area contributed by atoms with Crippen LogP contribution in [0.15, 0.2) is 24.3 Å². The van der Waals surface area contributed by atoms with E-state index in [4.69, 9.17) is 5.73 Å². The van der Waals surface area contributed by atoms with Gasteiger partial charge >= 0.3 is 6.03 Å². The molecule has 0 radical (unpaired) electrons. The third kappa shape index (κ3) is 3.06. The molecule has 1 saturated heterocycles. The van der Waals surface area contributed by atoms with Gasteiger partial charge in [-0.3, -0.25) is 9.69 Å². The van der Waals surface area contributed by atoms with E-state index in [1.807, 2.05) is 31.2 Å². The van der Waals surface area contributed by atoms with Crippen LogP contribution in [0.3, 0.4) is 0 Å². The number of nitrogens with two attached hydrogens (primary N) is 1. The van der Waals surface area contributed by atoms with Crippen LogP contribution in [0.4, 0.5) is 4.79 Å². The predicted molar refractivity (Wildman–Crippen MR) is 80.2 cm³/mol. The number of hydrogen-bond donors (Lipinski definition) is 2. The van der Waals surface area contributed by atoms with Crippen LogP contribution in [0.25, 0.3) is 0 Å². The van der Waals surface area contributed by atoms with E-state index in [0.29, 0.717) is 13.0 Å². The van der Waals surface area contributed by atoms with Crippen molar-refractivity contribution in [3.63, 3.8) is 0 Å². The zero-order valence-electron chi connectivity index (χ0n) is 12.3. The molecule has 1 unspecified atom stereocenters. The van der Waals surface area contributed by atoms with Crippen molar-refractivity contribution in [3.8, 4) is 11.8 Å². The summed E-state index contributed by atoms with van der Waals surface area (Å²) in [6.45, 7) is 4.17. The van der Waals surface area contributed by atoms with Gasteiger partial charge in [-0.05, 0) is 31.0 Å². The Morgan fingerprint density at radius 1 is 1.38 bits per heavy atom. The Morgan fingerprint density at radius 2 is 2.14 bits per heavy atom. The number of carbonyl (C=O) groups excluding carboxylic acids is 2. The Bertz CT molecular complexity index is 630. The lowest BCUT2D eigenvalue weighted by atomic mass is 9.99. The molecule has 3 N–H and O–H groups in total. The van der Waals surface area contributed by atoms with Crippen molar-refractivity contribution in [1.29, 1.82) is 0 Å². The maximum absolute atomic E-state index is 12.3. The van der Waals surface area contributed by atoms with E-state index in [-0.39, 0.29) is 18.5 Å². The normalized spacial score (nSPS) is 21.0. The monoisotopic (exact) mass is 285 g/mol. The smallest absolute Gasteiger partial charge is 0.323 e. The molecule has 110 valence electrons. The zero-order chi connectivity index (χ0) is 15.5. The first kappa shape index (κ1) is 15.1. The molecular weight excluding hydrogens is 266 g/mol. The van der Waals surface area contributed by atoms with E-state index >= 15 is 0 Å². The first-order valence-corrected chi connectivity index (χ1v) is 6.92. The first-order valence-electron chi connectivity index (χ1n) is 6.92. The number of nitrogens with one attached hydrogen (secondary N) is 1. The lowest BCUT2D eigenvalue weighted by molar-refractivity contribution is -0.131. The summed E-state index contributed by atoms with van der Waals surface area (Å²) in [5.41, 5.74) is 6.24. The van der Waals surface area contributed by atoms with Gasteiger partial charge in [-0.25, -0.2) is 4.79 Å². The molecule has 1 fully saturated rings. The molecule has 0 saturated carbocycles. The van der Waals surface area contributed by atoms with Gasteiger partial charge in [0.05, 0.1) is 13.1 Å². The predicted octanol–water partition coefficient (Wildman–Crippen LogP) is 1.22. The highest BCUT2D eigenvalue weighted by Gasteiger charge is 2.46. The average Bonchev–Trinajstić information content (AvgIpc) is 2.70. The number of carbonyl (C=O) groups is 2. The van der Waals surface area contributed by atoms with Crippen LogP contribution < -0.4 is 11.1 Å². The number of amides is 3. The Labute approximate surface area is 124 Å². The summed E-state index contributed by atoms with van der Waals surface area (Å²) in [6, 6.07) is 7.12. The minimum atomic E-state index is -0.798. The lowest BCUT2D eigenvalue weighted by Crippen LogP contribution is -2.43. The number of nitrogens with zero attached hydrogens (tertiary/aromatic N) is 1. The molecular formula is C16H19N3O2. The summed E-state index contributed by atoms with van der Waals surface area (Å²) >= 11 is 0. The Balaban J connectivity index is 2.19. The first-order chi connectivity index (χ1) is 10.00. The second-order valence-corrected chi connectivity index (χ2v) is 5.21. The van der Waals surface area contributed by atoms with Crippen molar-refractivity contribution >= 4 is 11.9 Å². The third-order valence-corrected chi connectivity index (χ3v) is 3.65. The molecule has 1 heterocycles. The molecule has 5 nitrogen and oxygen atoms in total. The van der Waals surface area contributed by atoms with Crippen molar-refractivity contribution in [3.05, 3.63) is 35.4 Å². The van der Waals surface area contributed by atoms with Crippen LogP contribution in [-0.4, -0.2) is 28.9 Å². The molecule has 3 amide bonds. The van der Waals surface area contributed by atoms with E-state index < -0.39 is 5.54 Å². The highest BCUT2D eigenvalue weighted by atomic mass is 16.2. The van der Waals surface area contributed by atoms with Gasteiger partial charge in [0.2, 0.25) is 0 Å². The van der Waals surface area contributed by atoms with Gasteiger partial charge in [-0.2, -0.15) is 0 Å². The van der Waals surface area contributed by atoms with Crippen LogP contribution in [0.2, 0.25) is 0 Å². The van der Waals surface area contributed by atoms with Crippen molar-refractivity contribution in [2.24, 2.45) is 5.73 Å². The number of benzene rings is 1. The highest BCUT2D eigenvalue weighted by Crippen LogP contribution is 2.22. The Kier molecular flexibility index (Phi) is 4.29. The van der Waals surface area contributed by atoms with Gasteiger partial charge in [-0.15, -0.1) is 0 Å². The highest BCUT2D eigenvalue weighted by molar-refractivity contribution is 6.06. The Hall–Kier alpha value is -2.32. The summed E-state index contributed by atoms with van der Waals surface area (Å²) in [4.78, 5) is 25.5. The van der Waals surface area contributed by atoms with Crippen molar-refractivity contribution < 1.29 is 9.59 Å². The van der Waals surface area contributed by atoms with Crippen LogP contribution >= 0.6 is 0 Å². The van der Waals surface area contributed by atoms with Crippen molar-refractivity contribution in [2.45, 2.75) is 32.4 Å². The largest absolute Gasteiger partial charge is 0.325 e. The lowest BCUT2D eigenvalue weighted by Gasteiger charge is -2.19. The van der Waals surface area contributed by atoms with E-state index in [0.717, 1.165) is 11.1 Å². The molecule has 0 aliphatic carbocycles. The van der Waals surface area contributed by atoms with E-state index in [1.54, 1.807) is 6.92 Å². The van der Waals surface area contributed by atoms with Crippen LogP contribution in [0, 0.1) is 11.8 Å². The van der Waals surface area contributed by atoms with Gasteiger partial charge in [0.15, 0.2) is 0 Å². The summed E-state index contributed by atoms with van der Waals surface area (Å²) in [5, 5.41) is 2.74. The summed E-state index contributed by atoms with van der Waals surface area (Å²) < 4.78 is 0. The summed E-state index contributed by atoms with van der Waals surface area (Å²) in [6.07, 6.45) is 0.566. The molecule has 21 heavy (non-hydrogen) atoms. The van der Waals surface area contributed by atoms with Gasteiger partial charge in [0, 0.05) is 5.56 Å². The quantitative estimate of drug-likeness (QED) is 0.647. The molecule has 1 atom stereocenters. The maximum atomic E-state index is 12.3. The van der Waals surface area contributed by atoms with Crippen LogP contribution in [0.1, 0.15) is 31.4 Å². The number of hydrogen-bond acceptors (Lipinski definition) is 3. The van der Waals surface area contributed by atoms with E-state index in [9.17, 15) is 9.59 Å². The third-order valence-electron chi connectivity index (χ3n) is 3.65. The molecule has 1 aliphatic heterocycles. The molecule has 1 aliphatic rings. The molecule has 0 spiro atoms. The van der Waals surface area contributed by atoms with Crippen LogP contribution in [0.5, 0.6) is 0 Å². The molecule has 1 aromatic rings. The fourth-order valence-corrected chi connectivity index (χ4v) is 2.21. The summed E-state index contributed by atoms with van der Waals surface area (Å²) in [7, 11) is 0. The molecule has 1 aromatic carbocycles. The minimum absolute atomic E-state index is 0.187. The number of imide groups is 1. The van der Waals surface area contributed by atoms with Crippen LogP contribution in [-0.2, 0) is 11.3 Å². The van der Waals surface area contributed by atoms with E-state index in [1.165, 1.54) is 4.90 Å². The fourth-order valence-electron chi connectivity index (χ4n) is 2.21. The number of urea groups is 1. The standard InChI is InChI=1S/C16H19N3O2/c1-3-16(2)14(20)19(15(21)18-16)11-13-7-4-6-12(10-13)8-5-9-17/h4,6-7,10H,3,9,11,17H2,1-2H3,(H,18,21). The van der Waals surface area contributed by atoms with Gasteiger partial charge in [-0.1, -0.05) is 30.9 Å². The molecule has 2 rings (SSSR count). The van der Waals surface area contributed by atoms with Gasteiger partial charge in [0.25, 0.3) is 5.91 Å². The zero-order valence-corrected chi connectivity index (χ0v) is 12.3. The molecule has 5 heteroatoms. The van der Waals surface area contributed by atoms with Crippen molar-refractivity contribution in [1.82, 2.24) is 10.2 Å². The van der Waals surface area contributed by atoms with Gasteiger partial charge in [0.1, 0.15) is 5.54 Å². The second kappa shape index (κ2) is 5.98. The van der Waals surface area contributed by atoms with Gasteiger partial charge < -0.3 is 11.1 Å². The number of rotatable bonds is 3. The topological polar surface area (TPSA) is 75.4 Å². The second-order valence-electron chi connectivity index (χ2n) is 5.21. The molecule has 0 aromatic heterocycles. The minimum Gasteiger partial charge on any atom is -0.323 e. The van der Waals surface area contributed by atoms with Crippen molar-refractivity contribution in [2.75, 3.05) is 6.54 Å².